The smallest absolute Gasteiger partial charge is 0.431 e. The third kappa shape index (κ3) is 5.64. The first-order valence-electron chi connectivity index (χ1n) is 12.9. The van der Waals surface area contributed by atoms with E-state index in [-0.39, 0.29) is 18.6 Å². The highest BCUT2D eigenvalue weighted by atomic mass is 16.6. The number of hydrazone groups is 1. The van der Waals surface area contributed by atoms with Gasteiger partial charge in [0.2, 0.25) is 0 Å². The number of aromatic nitrogens is 2. The maximum atomic E-state index is 12.8. The van der Waals surface area contributed by atoms with E-state index in [0.717, 1.165) is 24.0 Å². The standard InChI is InChI=1S/C28H31N5O5/c1-3-23-26(19-10-13-24(36-2)25(16-19)37-21-6-4-5-7-21)32-33(28(35)38-23)17-18-8-11-20(12-9-18)30-27(34)22-14-15-29-31-22/h8-16,21,23H,3-7,17H2,1-2H3,(H,29,31)(H,30,34). The third-order valence-corrected chi connectivity index (χ3v) is 6.69. The monoisotopic (exact) mass is 517 g/mol. The number of carbonyl (C=O) groups is 2. The number of rotatable bonds is 9. The molecule has 2 aromatic carbocycles. The Morgan fingerprint density at radius 3 is 2.61 bits per heavy atom. The van der Waals surface area contributed by atoms with Crippen LogP contribution in [-0.2, 0) is 11.3 Å². The van der Waals surface area contributed by atoms with Crippen LogP contribution < -0.4 is 14.8 Å². The number of benzene rings is 2. The molecule has 1 aliphatic carbocycles. The van der Waals surface area contributed by atoms with Gasteiger partial charge in [0, 0.05) is 17.4 Å². The summed E-state index contributed by atoms with van der Waals surface area (Å²) >= 11 is 0. The fourth-order valence-electron chi connectivity index (χ4n) is 4.66. The minimum Gasteiger partial charge on any atom is -0.493 e. The zero-order chi connectivity index (χ0) is 26.5. The summed E-state index contributed by atoms with van der Waals surface area (Å²) in [4.78, 5) is 25.0. The lowest BCUT2D eigenvalue weighted by Crippen LogP contribution is -2.41. The molecule has 1 saturated carbocycles. The molecule has 3 aromatic rings. The van der Waals surface area contributed by atoms with Crippen LogP contribution in [0.25, 0.3) is 0 Å². The van der Waals surface area contributed by atoms with Crippen molar-refractivity contribution in [3.63, 3.8) is 0 Å². The van der Waals surface area contributed by atoms with Gasteiger partial charge in [-0.15, -0.1) is 0 Å². The SMILES string of the molecule is CCC1OC(=O)N(Cc2ccc(NC(=O)c3cc[nH]n3)cc2)N=C1c1ccc(OC)c(OC2CCCC2)c1. The molecule has 2 amide bonds. The van der Waals surface area contributed by atoms with Crippen molar-refractivity contribution >= 4 is 23.4 Å². The molecule has 0 radical (unpaired) electrons. The van der Waals surface area contributed by atoms with Gasteiger partial charge in [-0.25, -0.2) is 4.79 Å². The minimum atomic E-state index is -0.507. The van der Waals surface area contributed by atoms with Crippen molar-refractivity contribution in [2.45, 2.75) is 57.8 Å². The Morgan fingerprint density at radius 2 is 1.92 bits per heavy atom. The van der Waals surface area contributed by atoms with Crippen LogP contribution in [0.15, 0.2) is 59.8 Å². The van der Waals surface area contributed by atoms with E-state index in [2.05, 4.69) is 15.5 Å². The molecule has 1 unspecified atom stereocenters. The molecular weight excluding hydrogens is 486 g/mol. The molecule has 2 N–H and O–H groups in total. The predicted molar refractivity (Wildman–Crippen MR) is 142 cm³/mol. The Kier molecular flexibility index (Phi) is 7.57. The van der Waals surface area contributed by atoms with E-state index >= 15 is 0 Å². The van der Waals surface area contributed by atoms with Crippen molar-refractivity contribution < 1.29 is 23.8 Å². The van der Waals surface area contributed by atoms with Gasteiger partial charge in [0.1, 0.15) is 17.5 Å². The first kappa shape index (κ1) is 25.3. The molecule has 1 aliphatic heterocycles. The highest BCUT2D eigenvalue weighted by Gasteiger charge is 2.31. The molecule has 198 valence electrons. The number of ether oxygens (including phenoxy) is 3. The summed E-state index contributed by atoms with van der Waals surface area (Å²) in [6.07, 6.45) is 5.77. The number of aromatic amines is 1. The van der Waals surface area contributed by atoms with Crippen molar-refractivity contribution in [3.05, 3.63) is 71.5 Å². The topological polar surface area (TPSA) is 118 Å². The van der Waals surface area contributed by atoms with Crippen molar-refractivity contribution in [2.24, 2.45) is 5.10 Å². The fourth-order valence-corrected chi connectivity index (χ4v) is 4.66. The molecular formula is C28H31N5O5. The molecule has 0 saturated heterocycles. The van der Waals surface area contributed by atoms with E-state index in [1.54, 1.807) is 31.5 Å². The molecule has 0 spiro atoms. The van der Waals surface area contributed by atoms with E-state index in [4.69, 9.17) is 19.3 Å². The van der Waals surface area contributed by atoms with Crippen LogP contribution in [0.2, 0.25) is 0 Å². The van der Waals surface area contributed by atoms with Gasteiger partial charge in [0.25, 0.3) is 5.91 Å². The number of nitrogens with zero attached hydrogens (tertiary/aromatic N) is 3. The summed E-state index contributed by atoms with van der Waals surface area (Å²) in [5.74, 6) is 1.03. The average molecular weight is 518 g/mol. The molecule has 38 heavy (non-hydrogen) atoms. The van der Waals surface area contributed by atoms with Gasteiger partial charge in [-0.2, -0.15) is 15.2 Å². The van der Waals surface area contributed by atoms with Gasteiger partial charge >= 0.3 is 6.09 Å². The Balaban J connectivity index is 1.34. The Labute approximate surface area is 221 Å². The second-order valence-electron chi connectivity index (χ2n) is 9.32. The maximum absolute atomic E-state index is 12.8. The average Bonchev–Trinajstić information content (AvgIpc) is 3.66. The van der Waals surface area contributed by atoms with E-state index in [9.17, 15) is 9.59 Å². The summed E-state index contributed by atoms with van der Waals surface area (Å²) in [5.41, 5.74) is 3.23. The van der Waals surface area contributed by atoms with Crippen molar-refractivity contribution in [2.75, 3.05) is 12.4 Å². The largest absolute Gasteiger partial charge is 0.493 e. The quantitative estimate of drug-likeness (QED) is 0.406. The van der Waals surface area contributed by atoms with Crippen LogP contribution in [0.5, 0.6) is 11.5 Å². The molecule has 1 aromatic heterocycles. The second-order valence-corrected chi connectivity index (χ2v) is 9.32. The van der Waals surface area contributed by atoms with E-state index in [0.29, 0.717) is 35.0 Å². The molecule has 10 heteroatoms. The van der Waals surface area contributed by atoms with Crippen LogP contribution in [-0.4, -0.2) is 52.2 Å². The molecule has 1 atom stereocenters. The van der Waals surface area contributed by atoms with Crippen LogP contribution in [0.4, 0.5) is 10.5 Å². The number of H-pyrrole nitrogens is 1. The van der Waals surface area contributed by atoms with E-state index in [1.165, 1.54) is 17.9 Å². The summed E-state index contributed by atoms with van der Waals surface area (Å²) < 4.78 is 17.5. The Hall–Kier alpha value is -4.34. The second kappa shape index (κ2) is 11.4. The first-order valence-corrected chi connectivity index (χ1v) is 12.9. The normalized spacial score (nSPS) is 17.6. The Morgan fingerprint density at radius 1 is 1.13 bits per heavy atom. The van der Waals surface area contributed by atoms with Crippen molar-refractivity contribution in [1.82, 2.24) is 15.2 Å². The lowest BCUT2D eigenvalue weighted by molar-refractivity contribution is 0.0712. The Bertz CT molecular complexity index is 1300. The van der Waals surface area contributed by atoms with E-state index in [1.807, 2.05) is 37.3 Å². The van der Waals surface area contributed by atoms with Crippen LogP contribution in [0.3, 0.4) is 0 Å². The van der Waals surface area contributed by atoms with Gasteiger partial charge < -0.3 is 19.5 Å². The first-order chi connectivity index (χ1) is 18.5. The summed E-state index contributed by atoms with van der Waals surface area (Å²) in [6, 6.07) is 14.5. The van der Waals surface area contributed by atoms with Crippen LogP contribution >= 0.6 is 0 Å². The summed E-state index contributed by atoms with van der Waals surface area (Å²) in [5, 5.41) is 15.3. The van der Waals surface area contributed by atoms with Gasteiger partial charge in [-0.05, 0) is 74.1 Å². The van der Waals surface area contributed by atoms with Crippen molar-refractivity contribution in [3.8, 4) is 11.5 Å². The number of cyclic esters (lactones) is 1. The molecule has 1 fully saturated rings. The lowest BCUT2D eigenvalue weighted by Gasteiger charge is -2.29. The number of anilines is 1. The van der Waals surface area contributed by atoms with Gasteiger partial charge in [-0.1, -0.05) is 19.1 Å². The van der Waals surface area contributed by atoms with E-state index < -0.39 is 12.2 Å². The molecule has 10 nitrogen and oxygen atoms in total. The van der Waals surface area contributed by atoms with Gasteiger partial charge in [-0.3, -0.25) is 9.89 Å². The zero-order valence-corrected chi connectivity index (χ0v) is 21.5. The minimum absolute atomic E-state index is 0.177. The number of amides is 2. The third-order valence-electron chi connectivity index (χ3n) is 6.69. The number of methoxy groups -OCH3 is 1. The fraction of sp³-hybridized carbons (Fsp3) is 0.357. The summed E-state index contributed by atoms with van der Waals surface area (Å²) in [6.45, 7) is 2.17. The highest BCUT2D eigenvalue weighted by molar-refractivity contribution is 6.06. The van der Waals surface area contributed by atoms with Gasteiger partial charge in [0.05, 0.1) is 19.8 Å². The molecule has 5 rings (SSSR count). The number of nitrogens with one attached hydrogen (secondary N) is 2. The number of hydrogen-bond acceptors (Lipinski definition) is 7. The maximum Gasteiger partial charge on any atom is 0.431 e. The molecule has 2 aliphatic rings. The van der Waals surface area contributed by atoms with Crippen molar-refractivity contribution in [1.29, 1.82) is 0 Å². The molecule has 0 bridgehead atoms. The van der Waals surface area contributed by atoms with Gasteiger partial charge in [0.15, 0.2) is 11.5 Å². The predicted octanol–water partition coefficient (Wildman–Crippen LogP) is 5.13. The highest BCUT2D eigenvalue weighted by Crippen LogP contribution is 2.34. The zero-order valence-electron chi connectivity index (χ0n) is 21.5. The molecule has 2 heterocycles. The number of carbonyl (C=O) groups excluding carboxylic acids is 2. The van der Waals surface area contributed by atoms with Crippen LogP contribution in [0, 0.1) is 0 Å². The lowest BCUT2D eigenvalue weighted by atomic mass is 10.0. The van der Waals surface area contributed by atoms with Crippen LogP contribution in [0.1, 0.15) is 60.6 Å². The number of hydrogen-bond donors (Lipinski definition) is 2. The summed E-state index contributed by atoms with van der Waals surface area (Å²) in [7, 11) is 1.63.